The Morgan fingerprint density at radius 3 is 0.938 bits per heavy atom. The number of rotatable bonds is 25. The number of carbonyl (C=O) groups is 1. The normalized spacial score (nSPS) is 10.7. The van der Waals surface area contributed by atoms with E-state index < -0.39 is 5.97 Å². The molecule has 0 fully saturated rings. The minimum Gasteiger partial charge on any atom is -0.481 e. The number of aliphatic hydroxyl groups is 2. The number of unbranched alkanes of at least 4 members (excludes halogenated alkanes) is 21. The molecular formula is C28H58O4. The zero-order chi connectivity index (χ0) is 24.0. The molecule has 0 saturated heterocycles. The van der Waals surface area contributed by atoms with Crippen molar-refractivity contribution in [2.75, 3.05) is 13.2 Å². The first-order chi connectivity index (χ1) is 15.7. The van der Waals surface area contributed by atoms with Crippen LogP contribution in [-0.2, 0) is 4.79 Å². The number of hydrogen-bond acceptors (Lipinski definition) is 3. The van der Waals surface area contributed by atoms with Gasteiger partial charge in [0.05, 0.1) is 0 Å². The molecule has 32 heavy (non-hydrogen) atoms. The molecule has 0 aromatic carbocycles. The third-order valence-corrected chi connectivity index (χ3v) is 6.06. The van der Waals surface area contributed by atoms with E-state index in [2.05, 4.69) is 6.92 Å². The Bertz CT molecular complexity index is 327. The van der Waals surface area contributed by atoms with Crippen LogP contribution in [0.2, 0.25) is 0 Å². The van der Waals surface area contributed by atoms with E-state index in [-0.39, 0.29) is 13.2 Å². The molecule has 0 rings (SSSR count). The Morgan fingerprint density at radius 1 is 0.438 bits per heavy atom. The van der Waals surface area contributed by atoms with Gasteiger partial charge in [0.1, 0.15) is 0 Å². The van der Waals surface area contributed by atoms with Crippen molar-refractivity contribution in [1.82, 2.24) is 0 Å². The summed E-state index contributed by atoms with van der Waals surface area (Å²) in [5.41, 5.74) is 0. The summed E-state index contributed by atoms with van der Waals surface area (Å²) in [4.78, 5) is 10.4. The van der Waals surface area contributed by atoms with Crippen LogP contribution in [0, 0.1) is 0 Å². The smallest absolute Gasteiger partial charge is 0.303 e. The van der Waals surface area contributed by atoms with Gasteiger partial charge < -0.3 is 15.3 Å². The summed E-state index contributed by atoms with van der Waals surface area (Å²) >= 11 is 0. The molecule has 3 N–H and O–H groups in total. The molecule has 194 valence electrons. The maximum atomic E-state index is 10.4. The summed E-state index contributed by atoms with van der Waals surface area (Å²) in [6, 6.07) is 0. The van der Waals surface area contributed by atoms with Gasteiger partial charge in [0.2, 0.25) is 0 Å². The van der Waals surface area contributed by atoms with Crippen LogP contribution in [0.5, 0.6) is 0 Å². The second-order valence-corrected chi connectivity index (χ2v) is 9.37. The van der Waals surface area contributed by atoms with Gasteiger partial charge in [0, 0.05) is 19.6 Å². The average molecular weight is 459 g/mol. The SMILES string of the molecule is CCCCCCCCCCCCCCCCCCCCCC(=O)O.OCCCCCCO. The van der Waals surface area contributed by atoms with Gasteiger partial charge in [-0.25, -0.2) is 0 Å². The minimum atomic E-state index is -0.651. The Morgan fingerprint density at radius 2 is 0.688 bits per heavy atom. The Balaban J connectivity index is 0. The molecule has 0 bridgehead atoms. The molecule has 0 unspecified atom stereocenters. The van der Waals surface area contributed by atoms with Crippen molar-refractivity contribution in [3.05, 3.63) is 0 Å². The first kappa shape index (κ1) is 33.6. The summed E-state index contributed by atoms with van der Waals surface area (Å²) in [7, 11) is 0. The summed E-state index contributed by atoms with van der Waals surface area (Å²) in [6.45, 7) is 2.85. The van der Waals surface area contributed by atoms with Crippen molar-refractivity contribution in [3.63, 3.8) is 0 Å². The topological polar surface area (TPSA) is 77.8 Å². The van der Waals surface area contributed by atoms with Crippen molar-refractivity contribution in [1.29, 1.82) is 0 Å². The highest BCUT2D eigenvalue weighted by atomic mass is 16.4. The highest BCUT2D eigenvalue weighted by Gasteiger charge is 1.97. The predicted octanol–water partition coefficient (Wildman–Crippen LogP) is 8.42. The van der Waals surface area contributed by atoms with Gasteiger partial charge in [-0.1, -0.05) is 135 Å². The molecule has 0 aromatic rings. The highest BCUT2D eigenvalue weighted by molar-refractivity contribution is 5.66. The van der Waals surface area contributed by atoms with E-state index in [1.807, 2.05) is 0 Å². The summed E-state index contributed by atoms with van der Waals surface area (Å²) in [5, 5.41) is 25.2. The van der Waals surface area contributed by atoms with Crippen molar-refractivity contribution in [2.45, 2.75) is 161 Å². The Hall–Kier alpha value is -0.610. The van der Waals surface area contributed by atoms with Gasteiger partial charge in [-0.05, 0) is 19.3 Å². The maximum absolute atomic E-state index is 10.4. The fourth-order valence-corrected chi connectivity index (χ4v) is 3.93. The minimum absolute atomic E-state index is 0.283. The van der Waals surface area contributed by atoms with Crippen LogP contribution in [0.3, 0.4) is 0 Å². The molecule has 0 heterocycles. The van der Waals surface area contributed by atoms with E-state index in [4.69, 9.17) is 15.3 Å². The molecule has 0 atom stereocenters. The Labute approximate surface area is 200 Å². The average Bonchev–Trinajstić information content (AvgIpc) is 2.78. The quantitative estimate of drug-likeness (QED) is 0.120. The number of aliphatic carboxylic acids is 1. The number of carboxylic acid groups (broad SMARTS) is 1. The van der Waals surface area contributed by atoms with Crippen LogP contribution in [-0.4, -0.2) is 34.5 Å². The second-order valence-electron chi connectivity index (χ2n) is 9.37. The number of aliphatic hydroxyl groups excluding tert-OH is 2. The summed E-state index contributed by atoms with van der Waals surface area (Å²) < 4.78 is 0. The van der Waals surface area contributed by atoms with Gasteiger partial charge in [-0.3, -0.25) is 4.79 Å². The molecular weight excluding hydrogens is 400 g/mol. The molecule has 0 saturated carbocycles. The van der Waals surface area contributed by atoms with E-state index in [1.54, 1.807) is 0 Å². The highest BCUT2D eigenvalue weighted by Crippen LogP contribution is 2.14. The third-order valence-electron chi connectivity index (χ3n) is 6.06. The molecule has 0 amide bonds. The fourth-order valence-electron chi connectivity index (χ4n) is 3.93. The summed E-state index contributed by atoms with van der Waals surface area (Å²) in [6.07, 6.45) is 29.9. The van der Waals surface area contributed by atoms with Crippen LogP contribution >= 0.6 is 0 Å². The van der Waals surface area contributed by atoms with Crippen molar-refractivity contribution >= 4 is 5.97 Å². The first-order valence-electron chi connectivity index (χ1n) is 14.1. The van der Waals surface area contributed by atoms with Crippen LogP contribution in [0.15, 0.2) is 0 Å². The van der Waals surface area contributed by atoms with Gasteiger partial charge in [-0.15, -0.1) is 0 Å². The fraction of sp³-hybridized carbons (Fsp3) is 0.964. The van der Waals surface area contributed by atoms with Gasteiger partial charge in [0.25, 0.3) is 0 Å². The zero-order valence-corrected chi connectivity index (χ0v) is 21.6. The van der Waals surface area contributed by atoms with E-state index in [1.165, 1.54) is 109 Å². The molecule has 0 aliphatic rings. The van der Waals surface area contributed by atoms with E-state index in [0.29, 0.717) is 6.42 Å². The standard InChI is InChI=1S/C22H44O2.C6H14O2/c1-2-3-4-5-6-7-8-9-10-11-12-13-14-15-16-17-18-19-20-21-22(23)24;7-5-3-1-2-4-6-8/h2-21H2,1H3,(H,23,24);7-8H,1-6H2. The molecule has 0 aliphatic carbocycles. The third kappa shape index (κ3) is 36.7. The molecule has 0 aromatic heterocycles. The monoisotopic (exact) mass is 458 g/mol. The van der Waals surface area contributed by atoms with Gasteiger partial charge in [0.15, 0.2) is 0 Å². The second kappa shape index (κ2) is 32.6. The zero-order valence-electron chi connectivity index (χ0n) is 21.6. The van der Waals surface area contributed by atoms with E-state index >= 15 is 0 Å². The lowest BCUT2D eigenvalue weighted by atomic mass is 10.0. The maximum Gasteiger partial charge on any atom is 0.303 e. The van der Waals surface area contributed by atoms with Crippen molar-refractivity contribution < 1.29 is 20.1 Å². The lowest BCUT2D eigenvalue weighted by Crippen LogP contribution is -1.93. The molecule has 0 spiro atoms. The van der Waals surface area contributed by atoms with E-state index in [9.17, 15) is 4.79 Å². The number of hydrogen-bond donors (Lipinski definition) is 3. The lowest BCUT2D eigenvalue weighted by molar-refractivity contribution is -0.137. The van der Waals surface area contributed by atoms with Crippen molar-refractivity contribution in [3.8, 4) is 0 Å². The van der Waals surface area contributed by atoms with Crippen molar-refractivity contribution in [2.24, 2.45) is 0 Å². The molecule has 0 aliphatic heterocycles. The van der Waals surface area contributed by atoms with Crippen LogP contribution in [0.25, 0.3) is 0 Å². The largest absolute Gasteiger partial charge is 0.481 e. The van der Waals surface area contributed by atoms with Crippen LogP contribution in [0.1, 0.15) is 161 Å². The molecule has 4 nitrogen and oxygen atoms in total. The van der Waals surface area contributed by atoms with Crippen LogP contribution < -0.4 is 0 Å². The predicted molar refractivity (Wildman–Crippen MR) is 138 cm³/mol. The Kier molecular flexibility index (Phi) is 34.2. The van der Waals surface area contributed by atoms with E-state index in [0.717, 1.165) is 38.5 Å². The molecule has 0 radical (unpaired) electrons. The van der Waals surface area contributed by atoms with Gasteiger partial charge >= 0.3 is 5.97 Å². The lowest BCUT2D eigenvalue weighted by Gasteiger charge is -2.03. The van der Waals surface area contributed by atoms with Crippen LogP contribution in [0.4, 0.5) is 0 Å². The van der Waals surface area contributed by atoms with Gasteiger partial charge in [-0.2, -0.15) is 0 Å². The number of carboxylic acids is 1. The summed E-state index contributed by atoms with van der Waals surface area (Å²) in [5.74, 6) is -0.651. The first-order valence-corrected chi connectivity index (χ1v) is 14.1. The molecule has 4 heteroatoms.